The zero-order chi connectivity index (χ0) is 6.20. The van der Waals surface area contributed by atoms with Gasteiger partial charge < -0.3 is 9.05 Å². The van der Waals surface area contributed by atoms with Crippen molar-refractivity contribution in [2.75, 3.05) is 6.61 Å². The molecular formula is C3H8NO2PS. The molecule has 0 aromatic heterocycles. The van der Waals surface area contributed by atoms with Crippen LogP contribution in [-0.2, 0) is 20.9 Å². The summed E-state index contributed by atoms with van der Waals surface area (Å²) in [7, 11) is 0. The first kappa shape index (κ1) is 6.65. The SMILES string of the molecule is CC1COP(N)(=S)O1. The Morgan fingerprint density at radius 3 is 2.62 bits per heavy atom. The lowest BCUT2D eigenvalue weighted by atomic mass is 10.5. The summed E-state index contributed by atoms with van der Waals surface area (Å²) in [5.74, 6) is 0. The van der Waals surface area contributed by atoms with Crippen LogP contribution in [0.4, 0.5) is 0 Å². The standard InChI is InChI=1S/C3H8NO2PS/c1-3-2-5-7(4,8)6-3/h3H,2H2,1H3,(H2,4,8). The highest BCUT2D eigenvalue weighted by Crippen LogP contribution is 2.46. The van der Waals surface area contributed by atoms with E-state index in [2.05, 4.69) is 0 Å². The first-order valence-corrected chi connectivity index (χ1v) is 5.02. The fourth-order valence-electron chi connectivity index (χ4n) is 0.521. The van der Waals surface area contributed by atoms with Gasteiger partial charge in [0, 0.05) is 0 Å². The molecule has 8 heavy (non-hydrogen) atoms. The van der Waals surface area contributed by atoms with Crippen LogP contribution in [0.5, 0.6) is 0 Å². The van der Waals surface area contributed by atoms with E-state index in [0.29, 0.717) is 6.61 Å². The molecule has 0 spiro atoms. The van der Waals surface area contributed by atoms with Crippen LogP contribution in [0, 0.1) is 0 Å². The molecule has 0 radical (unpaired) electrons. The molecule has 0 amide bonds. The summed E-state index contributed by atoms with van der Waals surface area (Å²) in [6.07, 6.45) is 0.0887. The average Bonchev–Trinajstić information content (AvgIpc) is 1.82. The number of hydrogen-bond acceptors (Lipinski definition) is 3. The molecule has 2 unspecified atom stereocenters. The first-order valence-electron chi connectivity index (χ1n) is 2.32. The van der Waals surface area contributed by atoms with Gasteiger partial charge in [-0.05, 0) is 18.7 Å². The average molecular weight is 153 g/mol. The smallest absolute Gasteiger partial charge is 0.258 e. The van der Waals surface area contributed by atoms with Crippen molar-refractivity contribution in [3.63, 3.8) is 0 Å². The highest BCUT2D eigenvalue weighted by molar-refractivity contribution is 8.08. The van der Waals surface area contributed by atoms with Crippen molar-refractivity contribution < 1.29 is 9.05 Å². The molecule has 1 aliphatic rings. The third-order valence-corrected chi connectivity index (χ3v) is 2.55. The van der Waals surface area contributed by atoms with Gasteiger partial charge in [-0.15, -0.1) is 0 Å². The van der Waals surface area contributed by atoms with E-state index in [4.69, 9.17) is 26.4 Å². The van der Waals surface area contributed by atoms with E-state index < -0.39 is 6.64 Å². The molecule has 1 saturated heterocycles. The van der Waals surface area contributed by atoms with Crippen molar-refractivity contribution in [3.8, 4) is 0 Å². The summed E-state index contributed by atoms with van der Waals surface area (Å²) < 4.78 is 9.96. The maximum Gasteiger partial charge on any atom is 0.258 e. The lowest BCUT2D eigenvalue weighted by Gasteiger charge is -2.04. The molecule has 3 nitrogen and oxygen atoms in total. The molecule has 1 heterocycles. The summed E-state index contributed by atoms with van der Waals surface area (Å²) in [6.45, 7) is 0.173. The van der Waals surface area contributed by atoms with Crippen molar-refractivity contribution in [1.82, 2.24) is 0 Å². The van der Waals surface area contributed by atoms with Crippen LogP contribution >= 0.6 is 6.64 Å². The quantitative estimate of drug-likeness (QED) is 0.518. The summed E-state index contributed by atoms with van der Waals surface area (Å²) in [5.41, 5.74) is 5.35. The molecule has 0 bridgehead atoms. The Bertz CT molecular complexity index is 139. The van der Waals surface area contributed by atoms with Crippen molar-refractivity contribution >= 4 is 18.4 Å². The van der Waals surface area contributed by atoms with Gasteiger partial charge in [-0.1, -0.05) is 0 Å². The molecule has 2 N–H and O–H groups in total. The van der Waals surface area contributed by atoms with Crippen LogP contribution in [-0.4, -0.2) is 12.7 Å². The fourth-order valence-corrected chi connectivity index (χ4v) is 2.18. The van der Waals surface area contributed by atoms with Crippen LogP contribution in [0.3, 0.4) is 0 Å². The lowest BCUT2D eigenvalue weighted by molar-refractivity contribution is 0.262. The van der Waals surface area contributed by atoms with Crippen LogP contribution in [0.25, 0.3) is 0 Å². The highest BCUT2D eigenvalue weighted by atomic mass is 32.5. The van der Waals surface area contributed by atoms with Gasteiger partial charge in [-0.2, -0.15) is 0 Å². The Kier molecular flexibility index (Phi) is 1.70. The highest BCUT2D eigenvalue weighted by Gasteiger charge is 2.25. The molecule has 0 saturated carbocycles. The molecule has 2 atom stereocenters. The van der Waals surface area contributed by atoms with Crippen LogP contribution < -0.4 is 5.50 Å². The summed E-state index contributed by atoms with van der Waals surface area (Å²) in [4.78, 5) is 0. The van der Waals surface area contributed by atoms with Crippen molar-refractivity contribution in [1.29, 1.82) is 0 Å². The first-order chi connectivity index (χ1) is 3.60. The predicted octanol–water partition coefficient (Wildman–Crippen LogP) is 0.605. The monoisotopic (exact) mass is 153 g/mol. The zero-order valence-electron chi connectivity index (χ0n) is 4.53. The van der Waals surface area contributed by atoms with E-state index in [1.54, 1.807) is 0 Å². The third-order valence-electron chi connectivity index (χ3n) is 0.816. The van der Waals surface area contributed by atoms with Gasteiger partial charge in [-0.3, -0.25) is 5.50 Å². The predicted molar refractivity (Wildman–Crippen MR) is 35.0 cm³/mol. The second-order valence-electron chi connectivity index (χ2n) is 1.75. The van der Waals surface area contributed by atoms with Crippen LogP contribution in [0.15, 0.2) is 0 Å². The second kappa shape index (κ2) is 2.05. The Morgan fingerprint density at radius 1 is 1.88 bits per heavy atom. The molecule has 48 valence electrons. The van der Waals surface area contributed by atoms with E-state index in [1.807, 2.05) is 6.92 Å². The second-order valence-corrected chi connectivity index (χ2v) is 4.83. The third kappa shape index (κ3) is 1.50. The van der Waals surface area contributed by atoms with Crippen molar-refractivity contribution in [2.45, 2.75) is 13.0 Å². The number of rotatable bonds is 0. The van der Waals surface area contributed by atoms with Gasteiger partial charge in [0.2, 0.25) is 0 Å². The lowest BCUT2D eigenvalue weighted by Crippen LogP contribution is -2.00. The summed E-state index contributed by atoms with van der Waals surface area (Å²) >= 11 is 4.73. The van der Waals surface area contributed by atoms with Gasteiger partial charge in [0.15, 0.2) is 0 Å². The largest absolute Gasteiger partial charge is 0.315 e. The minimum absolute atomic E-state index is 0.0887. The molecule has 0 aliphatic carbocycles. The summed E-state index contributed by atoms with van der Waals surface area (Å²) in [6, 6.07) is 0. The van der Waals surface area contributed by atoms with Gasteiger partial charge in [-0.25, -0.2) is 0 Å². The normalized spacial score (nSPS) is 47.5. The van der Waals surface area contributed by atoms with E-state index in [-0.39, 0.29) is 6.10 Å². The van der Waals surface area contributed by atoms with Gasteiger partial charge >= 0.3 is 0 Å². The Hall–Kier alpha value is 0.530. The minimum atomic E-state index is -2.27. The fraction of sp³-hybridized carbons (Fsp3) is 1.00. The molecule has 0 aromatic carbocycles. The molecular weight excluding hydrogens is 145 g/mol. The van der Waals surface area contributed by atoms with Crippen molar-refractivity contribution in [3.05, 3.63) is 0 Å². The van der Waals surface area contributed by atoms with E-state index >= 15 is 0 Å². The zero-order valence-corrected chi connectivity index (χ0v) is 6.24. The molecule has 5 heteroatoms. The topological polar surface area (TPSA) is 44.5 Å². The van der Waals surface area contributed by atoms with Gasteiger partial charge in [0.1, 0.15) is 0 Å². The van der Waals surface area contributed by atoms with E-state index in [9.17, 15) is 0 Å². The number of nitrogens with two attached hydrogens (primary N) is 1. The van der Waals surface area contributed by atoms with Crippen LogP contribution in [0.1, 0.15) is 6.92 Å². The maximum absolute atomic E-state index is 5.35. The Balaban J connectivity index is 2.57. The molecule has 0 aromatic rings. The molecule has 1 aliphatic heterocycles. The Labute approximate surface area is 53.4 Å². The molecule has 1 fully saturated rings. The van der Waals surface area contributed by atoms with Crippen molar-refractivity contribution in [2.24, 2.45) is 5.50 Å². The maximum atomic E-state index is 5.35. The van der Waals surface area contributed by atoms with E-state index in [0.717, 1.165) is 0 Å². The van der Waals surface area contributed by atoms with Gasteiger partial charge in [0.05, 0.1) is 12.7 Å². The summed E-state index contributed by atoms with van der Waals surface area (Å²) in [5, 5.41) is 0. The minimum Gasteiger partial charge on any atom is -0.315 e. The van der Waals surface area contributed by atoms with E-state index in [1.165, 1.54) is 0 Å². The Morgan fingerprint density at radius 2 is 2.50 bits per heavy atom. The van der Waals surface area contributed by atoms with Crippen LogP contribution in [0.2, 0.25) is 0 Å². The molecule has 1 rings (SSSR count). The number of hydrogen-bond donors (Lipinski definition) is 1. The van der Waals surface area contributed by atoms with Gasteiger partial charge in [0.25, 0.3) is 6.64 Å².